The zero-order valence-electron chi connectivity index (χ0n) is 14.4. The summed E-state index contributed by atoms with van der Waals surface area (Å²) in [6.45, 7) is 5.60. The predicted molar refractivity (Wildman–Crippen MR) is 79.3 cm³/mol. The molecule has 10 heteroatoms. The van der Waals surface area contributed by atoms with Crippen LogP contribution in [0.2, 0.25) is 0 Å². The lowest BCUT2D eigenvalue weighted by Crippen LogP contribution is -2.34. The lowest BCUT2D eigenvalue weighted by Gasteiger charge is -2.24. The standard InChI is InChI=1S/C15H20F3N3O4/c1-5-24-11(22)8-21-12(15(16,17)18)9-6-20(7-10(9)19-21)13(23)25-14(2,3)4/h5-8H2,1-4H3. The van der Waals surface area contributed by atoms with Crippen LogP contribution in [0.5, 0.6) is 0 Å². The van der Waals surface area contributed by atoms with E-state index in [1.807, 2.05) is 0 Å². The van der Waals surface area contributed by atoms with Crippen molar-refractivity contribution in [2.75, 3.05) is 6.61 Å². The Morgan fingerprint density at radius 2 is 1.84 bits per heavy atom. The van der Waals surface area contributed by atoms with Crippen LogP contribution >= 0.6 is 0 Å². The highest BCUT2D eigenvalue weighted by Gasteiger charge is 2.44. The van der Waals surface area contributed by atoms with Crippen LogP contribution in [0.3, 0.4) is 0 Å². The number of carbonyl (C=O) groups is 2. The van der Waals surface area contributed by atoms with Gasteiger partial charge in [-0.15, -0.1) is 0 Å². The molecule has 1 amide bonds. The number of hydrogen-bond donors (Lipinski definition) is 0. The van der Waals surface area contributed by atoms with Crippen LogP contribution in [-0.2, 0) is 40.1 Å². The predicted octanol–water partition coefficient (Wildman–Crippen LogP) is 2.72. The highest BCUT2D eigenvalue weighted by atomic mass is 19.4. The monoisotopic (exact) mass is 363 g/mol. The molecule has 1 aliphatic heterocycles. The average molecular weight is 363 g/mol. The summed E-state index contributed by atoms with van der Waals surface area (Å²) in [4.78, 5) is 24.7. The maximum atomic E-state index is 13.4. The molecule has 0 aliphatic carbocycles. The molecule has 7 nitrogen and oxygen atoms in total. The summed E-state index contributed by atoms with van der Waals surface area (Å²) in [6, 6.07) is 0. The Labute approximate surface area is 142 Å². The molecule has 0 unspecified atom stereocenters. The first-order valence-corrected chi connectivity index (χ1v) is 7.71. The van der Waals surface area contributed by atoms with Gasteiger partial charge in [-0.05, 0) is 27.7 Å². The van der Waals surface area contributed by atoms with E-state index < -0.39 is 36.1 Å². The number of fused-ring (bicyclic) bond motifs is 1. The van der Waals surface area contributed by atoms with Gasteiger partial charge in [0.1, 0.15) is 17.8 Å². The van der Waals surface area contributed by atoms with Crippen molar-refractivity contribution >= 4 is 12.1 Å². The summed E-state index contributed by atoms with van der Waals surface area (Å²) < 4.78 is 50.7. The molecule has 0 spiro atoms. The molecule has 0 bridgehead atoms. The molecule has 0 saturated heterocycles. The van der Waals surface area contributed by atoms with Gasteiger partial charge in [0.05, 0.1) is 25.4 Å². The fourth-order valence-corrected chi connectivity index (χ4v) is 2.49. The van der Waals surface area contributed by atoms with Gasteiger partial charge in [-0.1, -0.05) is 0 Å². The number of ether oxygens (including phenoxy) is 2. The second kappa shape index (κ2) is 6.57. The zero-order chi connectivity index (χ0) is 19.0. The van der Waals surface area contributed by atoms with Crippen LogP contribution in [0, 0.1) is 0 Å². The second-order valence-corrected chi connectivity index (χ2v) is 6.57. The highest BCUT2D eigenvalue weighted by Crippen LogP contribution is 2.37. The molecule has 1 aliphatic rings. The van der Waals surface area contributed by atoms with Gasteiger partial charge >= 0.3 is 18.2 Å². The maximum absolute atomic E-state index is 13.4. The summed E-state index contributed by atoms with van der Waals surface area (Å²) in [5.74, 6) is -0.807. The molecule has 0 aromatic carbocycles. The van der Waals surface area contributed by atoms with Crippen molar-refractivity contribution in [1.29, 1.82) is 0 Å². The van der Waals surface area contributed by atoms with Gasteiger partial charge in [-0.25, -0.2) is 9.48 Å². The van der Waals surface area contributed by atoms with Crippen molar-refractivity contribution in [2.24, 2.45) is 0 Å². The van der Waals surface area contributed by atoms with Crippen molar-refractivity contribution in [3.63, 3.8) is 0 Å². The lowest BCUT2D eigenvalue weighted by atomic mass is 10.2. The zero-order valence-corrected chi connectivity index (χ0v) is 14.4. The van der Waals surface area contributed by atoms with E-state index in [0.29, 0.717) is 4.68 Å². The Kier molecular flexibility index (Phi) is 5.01. The third-order valence-corrected chi connectivity index (χ3v) is 3.33. The molecule has 2 rings (SSSR count). The highest BCUT2D eigenvalue weighted by molar-refractivity contribution is 5.70. The topological polar surface area (TPSA) is 73.7 Å². The molecule has 140 valence electrons. The maximum Gasteiger partial charge on any atom is 0.433 e. The molecule has 0 atom stereocenters. The number of rotatable bonds is 3. The van der Waals surface area contributed by atoms with Gasteiger partial charge < -0.3 is 9.47 Å². The Morgan fingerprint density at radius 1 is 1.20 bits per heavy atom. The van der Waals surface area contributed by atoms with E-state index in [9.17, 15) is 22.8 Å². The van der Waals surface area contributed by atoms with E-state index in [4.69, 9.17) is 4.74 Å². The number of hydrogen-bond acceptors (Lipinski definition) is 5. The molecule has 0 saturated carbocycles. The van der Waals surface area contributed by atoms with Gasteiger partial charge in [0.15, 0.2) is 0 Å². The van der Waals surface area contributed by atoms with Gasteiger partial charge in [-0.3, -0.25) is 9.69 Å². The summed E-state index contributed by atoms with van der Waals surface area (Å²) in [7, 11) is 0. The van der Waals surface area contributed by atoms with Crippen molar-refractivity contribution in [3.05, 3.63) is 17.0 Å². The van der Waals surface area contributed by atoms with Gasteiger partial charge in [-0.2, -0.15) is 18.3 Å². The summed E-state index contributed by atoms with van der Waals surface area (Å²) >= 11 is 0. The molecule has 0 radical (unpaired) electrons. The van der Waals surface area contributed by atoms with Crippen molar-refractivity contribution in [2.45, 2.75) is 59.1 Å². The number of carbonyl (C=O) groups excluding carboxylic acids is 2. The first kappa shape index (κ1) is 19.1. The molecule has 0 N–H and O–H groups in total. The fraction of sp³-hybridized carbons (Fsp3) is 0.667. The second-order valence-electron chi connectivity index (χ2n) is 6.57. The summed E-state index contributed by atoms with van der Waals surface area (Å²) in [5.41, 5.74) is -1.82. The van der Waals surface area contributed by atoms with Crippen LogP contribution in [-0.4, -0.2) is 39.0 Å². The van der Waals surface area contributed by atoms with Crippen LogP contribution in [0.15, 0.2) is 0 Å². The largest absolute Gasteiger partial charge is 0.465 e. The molecule has 1 aromatic rings. The van der Waals surface area contributed by atoms with Crippen LogP contribution in [0.25, 0.3) is 0 Å². The first-order chi connectivity index (χ1) is 11.4. The molecule has 0 fully saturated rings. The Balaban J connectivity index is 2.25. The van der Waals surface area contributed by atoms with Crippen molar-refractivity contribution in [3.8, 4) is 0 Å². The van der Waals surface area contributed by atoms with E-state index in [1.165, 1.54) is 0 Å². The normalized spacial score (nSPS) is 14.4. The quantitative estimate of drug-likeness (QED) is 0.772. The minimum atomic E-state index is -4.71. The van der Waals surface area contributed by atoms with Gasteiger partial charge in [0.2, 0.25) is 0 Å². The van der Waals surface area contributed by atoms with E-state index >= 15 is 0 Å². The van der Waals surface area contributed by atoms with Crippen LogP contribution in [0.4, 0.5) is 18.0 Å². The molecule has 25 heavy (non-hydrogen) atoms. The Hall–Kier alpha value is -2.26. The fourth-order valence-electron chi connectivity index (χ4n) is 2.49. The molecule has 1 aromatic heterocycles. The number of alkyl halides is 3. The van der Waals surface area contributed by atoms with Gasteiger partial charge in [0.25, 0.3) is 0 Å². The number of esters is 1. The Bertz CT molecular complexity index is 677. The van der Waals surface area contributed by atoms with Crippen molar-refractivity contribution < 1.29 is 32.2 Å². The minimum absolute atomic E-state index is 0.0631. The third kappa shape index (κ3) is 4.43. The third-order valence-electron chi connectivity index (χ3n) is 3.33. The van der Waals surface area contributed by atoms with Gasteiger partial charge in [0, 0.05) is 5.56 Å². The molecule has 2 heterocycles. The summed E-state index contributed by atoms with van der Waals surface area (Å²) in [5, 5.41) is 3.85. The lowest BCUT2D eigenvalue weighted by molar-refractivity contribution is -0.150. The van der Waals surface area contributed by atoms with E-state index in [1.54, 1.807) is 27.7 Å². The van der Waals surface area contributed by atoms with Crippen molar-refractivity contribution in [1.82, 2.24) is 14.7 Å². The SMILES string of the molecule is CCOC(=O)Cn1nc2c(c1C(F)(F)F)CN(C(=O)OC(C)(C)C)C2. The number of nitrogens with zero attached hydrogens (tertiary/aromatic N) is 3. The van der Waals surface area contributed by atoms with E-state index in [-0.39, 0.29) is 31.0 Å². The minimum Gasteiger partial charge on any atom is -0.465 e. The smallest absolute Gasteiger partial charge is 0.433 e. The number of halogens is 3. The molecular weight excluding hydrogens is 343 g/mol. The first-order valence-electron chi connectivity index (χ1n) is 7.71. The van der Waals surface area contributed by atoms with E-state index in [2.05, 4.69) is 9.84 Å². The van der Waals surface area contributed by atoms with Crippen LogP contribution < -0.4 is 0 Å². The molecular formula is C15H20F3N3O4. The van der Waals surface area contributed by atoms with Crippen LogP contribution in [0.1, 0.15) is 44.6 Å². The number of aromatic nitrogens is 2. The average Bonchev–Trinajstić information content (AvgIpc) is 2.92. The number of amides is 1. The van der Waals surface area contributed by atoms with E-state index in [0.717, 1.165) is 4.90 Å². The Morgan fingerprint density at radius 3 is 2.36 bits per heavy atom. The summed E-state index contributed by atoms with van der Waals surface area (Å²) in [6.07, 6.45) is -5.42.